The summed E-state index contributed by atoms with van der Waals surface area (Å²) in [6.45, 7) is 6.93. The van der Waals surface area contributed by atoms with Crippen LogP contribution in [0.15, 0.2) is 47.1 Å². The molecule has 4 heterocycles. The number of nitrogens with one attached hydrogen (secondary N) is 1. The zero-order chi connectivity index (χ0) is 22.8. The van der Waals surface area contributed by atoms with Crippen molar-refractivity contribution in [3.63, 3.8) is 0 Å². The maximum atomic E-state index is 6.15. The Morgan fingerprint density at radius 2 is 2.06 bits per heavy atom. The van der Waals surface area contributed by atoms with Crippen molar-refractivity contribution in [3.8, 4) is 16.5 Å². The van der Waals surface area contributed by atoms with Gasteiger partial charge in [-0.2, -0.15) is 0 Å². The van der Waals surface area contributed by atoms with Gasteiger partial charge in [-0.1, -0.05) is 37.3 Å². The maximum Gasteiger partial charge on any atom is 0.275 e. The van der Waals surface area contributed by atoms with Gasteiger partial charge in [0, 0.05) is 21.9 Å². The second kappa shape index (κ2) is 9.07. The van der Waals surface area contributed by atoms with Gasteiger partial charge in [-0.05, 0) is 62.0 Å². The number of hydrogen-bond donors (Lipinski definition) is 2. The van der Waals surface area contributed by atoms with Gasteiger partial charge in [-0.25, -0.2) is 9.97 Å². The summed E-state index contributed by atoms with van der Waals surface area (Å²) in [6, 6.07) is 11.7. The first-order valence-corrected chi connectivity index (χ1v) is 12.1. The Hall–Kier alpha value is -3.04. The highest BCUT2D eigenvalue weighted by molar-refractivity contribution is 7.19. The number of aromatic nitrogens is 4. The predicted octanol–water partition coefficient (Wildman–Crippen LogP) is 4.30. The van der Waals surface area contributed by atoms with Crippen molar-refractivity contribution in [1.29, 1.82) is 0 Å². The van der Waals surface area contributed by atoms with Crippen LogP contribution in [0, 0.1) is 11.8 Å². The molecular formula is C24H28N6O2S. The van der Waals surface area contributed by atoms with Crippen LogP contribution in [-0.2, 0) is 5.41 Å². The van der Waals surface area contributed by atoms with Crippen LogP contribution in [0.4, 0.5) is 5.69 Å². The van der Waals surface area contributed by atoms with Crippen molar-refractivity contribution in [1.82, 2.24) is 25.7 Å². The summed E-state index contributed by atoms with van der Waals surface area (Å²) in [4.78, 5) is 10.3. The highest BCUT2D eigenvalue weighted by Crippen LogP contribution is 2.44. The van der Waals surface area contributed by atoms with Gasteiger partial charge < -0.3 is 20.3 Å². The van der Waals surface area contributed by atoms with Crippen LogP contribution in [0.1, 0.15) is 32.4 Å². The number of benzene rings is 1. The molecule has 3 aromatic heterocycles. The van der Waals surface area contributed by atoms with Crippen molar-refractivity contribution in [2.75, 3.05) is 25.4 Å². The van der Waals surface area contributed by atoms with Crippen LogP contribution < -0.4 is 15.8 Å². The SMILES string of the molecule is CC(C)C1CNCCC1(CCOc1nc2ccc(-c3ccc(N)cc3)nc2s1)c1cnno1. The lowest BCUT2D eigenvalue weighted by atomic mass is 9.63. The van der Waals surface area contributed by atoms with Gasteiger partial charge in [0.1, 0.15) is 10.3 Å². The quantitative estimate of drug-likeness (QED) is 0.390. The molecule has 0 radical (unpaired) electrons. The molecule has 1 fully saturated rings. The molecule has 33 heavy (non-hydrogen) atoms. The van der Waals surface area contributed by atoms with Crippen molar-refractivity contribution < 1.29 is 9.26 Å². The molecule has 8 nitrogen and oxygen atoms in total. The van der Waals surface area contributed by atoms with E-state index in [1.807, 2.05) is 36.4 Å². The van der Waals surface area contributed by atoms with Crippen molar-refractivity contribution in [2.45, 2.75) is 32.1 Å². The first-order valence-electron chi connectivity index (χ1n) is 11.3. The lowest BCUT2D eigenvalue weighted by Gasteiger charge is -2.44. The molecule has 0 amide bonds. The van der Waals surface area contributed by atoms with Gasteiger partial charge >= 0.3 is 0 Å². The van der Waals surface area contributed by atoms with Crippen LogP contribution in [0.2, 0.25) is 0 Å². The van der Waals surface area contributed by atoms with Gasteiger partial charge in [0.25, 0.3) is 5.19 Å². The molecule has 0 spiro atoms. The molecule has 1 aliphatic heterocycles. The highest BCUT2D eigenvalue weighted by atomic mass is 32.1. The molecule has 2 unspecified atom stereocenters. The van der Waals surface area contributed by atoms with E-state index >= 15 is 0 Å². The van der Waals surface area contributed by atoms with Crippen molar-refractivity contribution in [3.05, 3.63) is 48.4 Å². The lowest BCUT2D eigenvalue weighted by molar-refractivity contribution is 0.0902. The Morgan fingerprint density at radius 3 is 2.82 bits per heavy atom. The number of rotatable bonds is 7. The molecule has 4 aromatic rings. The minimum Gasteiger partial charge on any atom is -0.470 e. The molecule has 172 valence electrons. The summed E-state index contributed by atoms with van der Waals surface area (Å²) in [5.41, 5.74) is 9.14. The standard InChI is InChI=1S/C24H28N6O2S/c1-15(2)18-13-26-11-9-24(18,21-14-27-30-32-21)10-12-31-23-29-20-8-7-19(28-22(20)33-23)16-3-5-17(25)6-4-16/h3-8,14-15,18,26H,9-13,25H2,1-2H3. The third-order valence-corrected chi connectivity index (χ3v) is 7.57. The number of nitrogens with two attached hydrogens (primary N) is 1. The van der Waals surface area contributed by atoms with Gasteiger partial charge in [0.05, 0.1) is 18.5 Å². The zero-order valence-corrected chi connectivity index (χ0v) is 19.6. The molecular weight excluding hydrogens is 436 g/mol. The molecule has 1 aliphatic rings. The van der Waals surface area contributed by atoms with E-state index < -0.39 is 0 Å². The molecule has 1 aromatic carbocycles. The topological polar surface area (TPSA) is 112 Å². The first kappa shape index (κ1) is 21.8. The Morgan fingerprint density at radius 1 is 1.21 bits per heavy atom. The zero-order valence-electron chi connectivity index (χ0n) is 18.8. The van der Waals surface area contributed by atoms with E-state index in [0.717, 1.165) is 59.0 Å². The Kier molecular flexibility index (Phi) is 5.99. The van der Waals surface area contributed by atoms with Gasteiger partial charge in [0.15, 0.2) is 5.76 Å². The third-order valence-electron chi connectivity index (χ3n) is 6.69. The second-order valence-electron chi connectivity index (χ2n) is 8.96. The van der Waals surface area contributed by atoms with E-state index in [1.165, 1.54) is 11.3 Å². The van der Waals surface area contributed by atoms with Crippen LogP contribution in [0.25, 0.3) is 21.6 Å². The lowest BCUT2D eigenvalue weighted by Crippen LogP contribution is -2.50. The molecule has 0 saturated carbocycles. The normalized spacial score (nSPS) is 21.0. The highest BCUT2D eigenvalue weighted by Gasteiger charge is 2.46. The minimum atomic E-state index is -0.153. The Labute approximate surface area is 196 Å². The molecule has 9 heteroatoms. The average Bonchev–Trinajstić information content (AvgIpc) is 3.49. The predicted molar refractivity (Wildman–Crippen MR) is 129 cm³/mol. The summed E-state index contributed by atoms with van der Waals surface area (Å²) in [6.07, 6.45) is 3.54. The van der Waals surface area contributed by atoms with E-state index in [4.69, 9.17) is 20.0 Å². The number of anilines is 1. The summed E-state index contributed by atoms with van der Waals surface area (Å²) in [5, 5.41) is 11.9. The van der Waals surface area contributed by atoms with Crippen LogP contribution in [0.5, 0.6) is 5.19 Å². The van der Waals surface area contributed by atoms with E-state index in [1.54, 1.807) is 6.20 Å². The van der Waals surface area contributed by atoms with Crippen LogP contribution >= 0.6 is 11.3 Å². The van der Waals surface area contributed by atoms with Gasteiger partial charge in [-0.3, -0.25) is 0 Å². The molecule has 3 N–H and O–H groups in total. The third kappa shape index (κ3) is 4.30. The number of ether oxygens (including phenoxy) is 1. The number of hydrogen-bond acceptors (Lipinski definition) is 9. The molecule has 0 bridgehead atoms. The molecule has 2 atom stereocenters. The summed E-state index contributed by atoms with van der Waals surface area (Å²) in [5.74, 6) is 1.75. The Bertz CT molecular complexity index is 1210. The number of nitrogens with zero attached hydrogens (tertiary/aromatic N) is 4. The maximum absolute atomic E-state index is 6.15. The van der Waals surface area contributed by atoms with Crippen molar-refractivity contribution in [2.24, 2.45) is 11.8 Å². The fraction of sp³-hybridized carbons (Fsp3) is 0.417. The molecule has 1 saturated heterocycles. The summed E-state index contributed by atoms with van der Waals surface area (Å²) >= 11 is 1.47. The minimum absolute atomic E-state index is 0.153. The van der Waals surface area contributed by atoms with Gasteiger partial charge in [0.2, 0.25) is 0 Å². The van der Waals surface area contributed by atoms with Crippen LogP contribution in [0.3, 0.4) is 0 Å². The molecule has 0 aliphatic carbocycles. The first-order chi connectivity index (χ1) is 16.0. The number of fused-ring (bicyclic) bond motifs is 1. The number of nitrogen functional groups attached to an aromatic ring is 1. The fourth-order valence-electron chi connectivity index (χ4n) is 4.94. The van der Waals surface area contributed by atoms with E-state index in [2.05, 4.69) is 34.5 Å². The van der Waals surface area contributed by atoms with Gasteiger partial charge in [-0.15, -0.1) is 5.10 Å². The Balaban J connectivity index is 1.34. The number of pyridine rings is 1. The van der Waals surface area contributed by atoms with E-state index in [-0.39, 0.29) is 5.41 Å². The fourth-order valence-corrected chi connectivity index (χ4v) is 5.76. The van der Waals surface area contributed by atoms with E-state index in [0.29, 0.717) is 23.6 Å². The monoisotopic (exact) mass is 464 g/mol. The second-order valence-corrected chi connectivity index (χ2v) is 9.90. The number of thiazole rings is 1. The number of piperidine rings is 1. The molecule has 5 rings (SSSR count). The summed E-state index contributed by atoms with van der Waals surface area (Å²) in [7, 11) is 0. The summed E-state index contributed by atoms with van der Waals surface area (Å²) < 4.78 is 11.7. The average molecular weight is 465 g/mol. The largest absolute Gasteiger partial charge is 0.470 e. The van der Waals surface area contributed by atoms with E-state index in [9.17, 15) is 0 Å². The van der Waals surface area contributed by atoms with Crippen molar-refractivity contribution >= 4 is 27.4 Å². The van der Waals surface area contributed by atoms with Crippen LogP contribution in [-0.4, -0.2) is 40.0 Å². The smallest absolute Gasteiger partial charge is 0.275 e.